The number of aliphatic imine (C=N–C) groups is 1. The van der Waals surface area contributed by atoms with Gasteiger partial charge >= 0.3 is 6.09 Å². The number of ether oxygens (including phenoxy) is 2. The van der Waals surface area contributed by atoms with Crippen molar-refractivity contribution in [2.45, 2.75) is 78.2 Å². The van der Waals surface area contributed by atoms with Gasteiger partial charge in [0.1, 0.15) is 5.60 Å². The van der Waals surface area contributed by atoms with E-state index in [2.05, 4.69) is 53.5 Å². The van der Waals surface area contributed by atoms with Gasteiger partial charge in [-0.25, -0.2) is 4.79 Å². The number of rotatable bonds is 7. The molecule has 1 aliphatic rings. The lowest BCUT2D eigenvalue weighted by molar-refractivity contribution is -0.0946. The van der Waals surface area contributed by atoms with Gasteiger partial charge in [-0.15, -0.1) is 24.0 Å². The van der Waals surface area contributed by atoms with E-state index in [1.54, 1.807) is 7.05 Å². The highest BCUT2D eigenvalue weighted by Crippen LogP contribution is 2.20. The number of alkyl carbamates (subject to hydrolysis) is 1. The highest BCUT2D eigenvalue weighted by Gasteiger charge is 2.33. The largest absolute Gasteiger partial charge is 0.444 e. The van der Waals surface area contributed by atoms with Crippen molar-refractivity contribution in [3.05, 3.63) is 0 Å². The summed E-state index contributed by atoms with van der Waals surface area (Å²) in [6, 6.07) is 0. The zero-order valence-electron chi connectivity index (χ0n) is 19.4. The van der Waals surface area contributed by atoms with Crippen LogP contribution in [-0.4, -0.2) is 80.1 Å². The number of guanidine groups is 1. The number of nitrogens with one attached hydrogen (secondary N) is 3. The monoisotopic (exact) mass is 527 g/mol. The first-order valence-corrected chi connectivity index (χ1v) is 10.2. The summed E-state index contributed by atoms with van der Waals surface area (Å²) in [6.45, 7) is 18.2. The van der Waals surface area contributed by atoms with E-state index < -0.39 is 5.60 Å². The van der Waals surface area contributed by atoms with Crippen LogP contribution in [0.15, 0.2) is 4.99 Å². The summed E-state index contributed by atoms with van der Waals surface area (Å²) in [4.78, 5) is 18.4. The van der Waals surface area contributed by atoms with E-state index in [1.165, 1.54) is 0 Å². The number of carbonyl (C=O) groups is 1. The fraction of sp³-hybridized carbons (Fsp3) is 0.900. The standard InChI is InChI=1S/C20H41N5O3.HI/c1-15-12-25(13-16(2)27-15)20(6,7)14-24-17(21-8)22-10-9-11-23-18(26)28-19(3,4)5;/h15-16H,9-14H2,1-8H3,(H,23,26)(H2,21,22,24);1H. The Bertz CT molecular complexity index is 513. The number of halogens is 1. The zero-order valence-corrected chi connectivity index (χ0v) is 21.8. The first-order chi connectivity index (χ1) is 12.9. The van der Waals surface area contributed by atoms with Gasteiger partial charge in [0.2, 0.25) is 0 Å². The molecule has 8 nitrogen and oxygen atoms in total. The molecular formula is C20H42IN5O3. The molecule has 0 aromatic heterocycles. The van der Waals surface area contributed by atoms with Crippen LogP contribution in [-0.2, 0) is 9.47 Å². The Morgan fingerprint density at radius 3 is 2.14 bits per heavy atom. The summed E-state index contributed by atoms with van der Waals surface area (Å²) >= 11 is 0. The van der Waals surface area contributed by atoms with Crippen LogP contribution in [0.5, 0.6) is 0 Å². The minimum Gasteiger partial charge on any atom is -0.444 e. The van der Waals surface area contributed by atoms with Crippen molar-refractivity contribution < 1.29 is 14.3 Å². The van der Waals surface area contributed by atoms with Gasteiger partial charge in [-0.2, -0.15) is 0 Å². The van der Waals surface area contributed by atoms with Gasteiger partial charge in [-0.3, -0.25) is 9.89 Å². The van der Waals surface area contributed by atoms with Gasteiger partial charge in [0.25, 0.3) is 0 Å². The number of amides is 1. The Labute approximate surface area is 194 Å². The smallest absolute Gasteiger partial charge is 0.407 e. The van der Waals surface area contributed by atoms with E-state index in [9.17, 15) is 4.79 Å². The predicted octanol–water partition coefficient (Wildman–Crippen LogP) is 2.57. The Kier molecular flexibility index (Phi) is 12.4. The SMILES string of the molecule is CN=C(NCCCNC(=O)OC(C)(C)C)NCC(C)(C)N1CC(C)OC(C)C1.I. The first kappa shape index (κ1) is 28.2. The lowest BCUT2D eigenvalue weighted by atomic mass is 10.00. The molecule has 9 heteroatoms. The molecule has 0 aromatic rings. The summed E-state index contributed by atoms with van der Waals surface area (Å²) in [7, 11) is 1.76. The summed E-state index contributed by atoms with van der Waals surface area (Å²) in [5.74, 6) is 0.764. The van der Waals surface area contributed by atoms with Gasteiger partial charge in [-0.05, 0) is 54.9 Å². The minimum absolute atomic E-state index is 0. The zero-order chi connectivity index (χ0) is 21.4. The summed E-state index contributed by atoms with van der Waals surface area (Å²) in [5, 5.41) is 9.46. The molecule has 0 spiro atoms. The fourth-order valence-electron chi connectivity index (χ4n) is 3.10. The lowest BCUT2D eigenvalue weighted by Crippen LogP contribution is -2.59. The quantitative estimate of drug-likeness (QED) is 0.204. The summed E-state index contributed by atoms with van der Waals surface area (Å²) in [6.07, 6.45) is 0.892. The maximum absolute atomic E-state index is 11.6. The predicted molar refractivity (Wildman–Crippen MR) is 129 cm³/mol. The molecule has 0 saturated carbocycles. The number of hydrogen-bond acceptors (Lipinski definition) is 5. The molecule has 2 unspecified atom stereocenters. The fourth-order valence-corrected chi connectivity index (χ4v) is 3.10. The van der Waals surface area contributed by atoms with Gasteiger partial charge in [0, 0.05) is 45.3 Å². The van der Waals surface area contributed by atoms with Crippen LogP contribution < -0.4 is 16.0 Å². The third kappa shape index (κ3) is 11.8. The van der Waals surface area contributed by atoms with Crippen LogP contribution in [0.3, 0.4) is 0 Å². The van der Waals surface area contributed by atoms with E-state index in [0.717, 1.165) is 32.0 Å². The lowest BCUT2D eigenvalue weighted by Gasteiger charge is -2.45. The Balaban J connectivity index is 0.00000784. The van der Waals surface area contributed by atoms with Crippen molar-refractivity contribution in [3.63, 3.8) is 0 Å². The Morgan fingerprint density at radius 1 is 1.07 bits per heavy atom. The topological polar surface area (TPSA) is 87.2 Å². The number of morpholine rings is 1. The van der Waals surface area contributed by atoms with E-state index in [1.807, 2.05) is 20.8 Å². The third-order valence-corrected chi connectivity index (χ3v) is 4.50. The van der Waals surface area contributed by atoms with Gasteiger partial charge in [-0.1, -0.05) is 0 Å². The van der Waals surface area contributed by atoms with Gasteiger partial charge in [0.15, 0.2) is 5.96 Å². The highest BCUT2D eigenvalue weighted by molar-refractivity contribution is 14.0. The maximum atomic E-state index is 11.6. The molecule has 0 radical (unpaired) electrons. The number of hydrogen-bond donors (Lipinski definition) is 3. The van der Waals surface area contributed by atoms with Crippen molar-refractivity contribution in [1.29, 1.82) is 0 Å². The molecule has 1 rings (SSSR count). The van der Waals surface area contributed by atoms with E-state index in [0.29, 0.717) is 13.1 Å². The second-order valence-corrected chi connectivity index (χ2v) is 9.11. The average molecular weight is 527 g/mol. The third-order valence-electron chi connectivity index (χ3n) is 4.50. The number of carbonyl (C=O) groups excluding carboxylic acids is 1. The van der Waals surface area contributed by atoms with Crippen LogP contribution >= 0.6 is 24.0 Å². The minimum atomic E-state index is -0.475. The van der Waals surface area contributed by atoms with Crippen LogP contribution in [0, 0.1) is 0 Å². The molecule has 0 aliphatic carbocycles. The molecule has 1 amide bonds. The van der Waals surface area contributed by atoms with E-state index >= 15 is 0 Å². The van der Waals surface area contributed by atoms with Gasteiger partial charge < -0.3 is 25.4 Å². The average Bonchev–Trinajstić information content (AvgIpc) is 2.54. The summed E-state index contributed by atoms with van der Waals surface area (Å²) < 4.78 is 11.1. The Hall–Kier alpha value is -0.810. The molecule has 1 aliphatic heterocycles. The van der Waals surface area contributed by atoms with Crippen LogP contribution in [0.25, 0.3) is 0 Å². The highest BCUT2D eigenvalue weighted by atomic mass is 127. The van der Waals surface area contributed by atoms with E-state index in [-0.39, 0.29) is 47.8 Å². The van der Waals surface area contributed by atoms with Crippen molar-refractivity contribution in [1.82, 2.24) is 20.9 Å². The molecule has 29 heavy (non-hydrogen) atoms. The second-order valence-electron chi connectivity index (χ2n) is 9.11. The summed E-state index contributed by atoms with van der Waals surface area (Å²) in [5.41, 5.74) is -0.487. The molecule has 0 bridgehead atoms. The van der Waals surface area contributed by atoms with Crippen molar-refractivity contribution in [2.24, 2.45) is 4.99 Å². The normalized spacial score (nSPS) is 21.2. The Morgan fingerprint density at radius 2 is 1.62 bits per heavy atom. The molecular weight excluding hydrogens is 485 g/mol. The van der Waals surface area contributed by atoms with Crippen LogP contribution in [0.1, 0.15) is 54.9 Å². The van der Waals surface area contributed by atoms with Crippen molar-refractivity contribution in [3.8, 4) is 0 Å². The van der Waals surface area contributed by atoms with Crippen LogP contribution in [0.2, 0.25) is 0 Å². The second kappa shape index (κ2) is 12.8. The van der Waals surface area contributed by atoms with Crippen molar-refractivity contribution in [2.75, 3.05) is 39.8 Å². The first-order valence-electron chi connectivity index (χ1n) is 10.2. The van der Waals surface area contributed by atoms with Crippen molar-refractivity contribution >= 4 is 36.0 Å². The molecule has 1 saturated heterocycles. The molecule has 172 valence electrons. The molecule has 0 aromatic carbocycles. The van der Waals surface area contributed by atoms with Gasteiger partial charge in [0.05, 0.1) is 12.2 Å². The molecule has 2 atom stereocenters. The molecule has 3 N–H and O–H groups in total. The van der Waals surface area contributed by atoms with Crippen LogP contribution in [0.4, 0.5) is 4.79 Å². The number of nitrogens with zero attached hydrogens (tertiary/aromatic N) is 2. The molecule has 1 fully saturated rings. The van der Waals surface area contributed by atoms with E-state index in [4.69, 9.17) is 9.47 Å². The molecule has 1 heterocycles. The maximum Gasteiger partial charge on any atom is 0.407 e.